The molecule has 0 saturated heterocycles. The van der Waals surface area contributed by atoms with Gasteiger partial charge in [-0.1, -0.05) is 6.42 Å². The van der Waals surface area contributed by atoms with Crippen LogP contribution in [0, 0.1) is 17.2 Å². The minimum atomic E-state index is 0.441. The van der Waals surface area contributed by atoms with Gasteiger partial charge in [0.1, 0.15) is 5.78 Å². The lowest BCUT2D eigenvalue weighted by Crippen LogP contribution is -2.14. The van der Waals surface area contributed by atoms with E-state index in [0.717, 1.165) is 38.5 Å². The van der Waals surface area contributed by atoms with E-state index in [1.54, 1.807) is 0 Å². The van der Waals surface area contributed by atoms with E-state index in [1.165, 1.54) is 6.42 Å². The lowest BCUT2D eigenvalue weighted by atomic mass is 9.85. The van der Waals surface area contributed by atoms with Crippen LogP contribution >= 0.6 is 0 Å². The van der Waals surface area contributed by atoms with Gasteiger partial charge in [0.05, 0.1) is 6.07 Å². The van der Waals surface area contributed by atoms with Gasteiger partial charge in [0.15, 0.2) is 0 Å². The molecule has 1 rings (SSSR count). The van der Waals surface area contributed by atoms with Crippen molar-refractivity contribution < 1.29 is 4.79 Å². The third kappa shape index (κ3) is 4.07. The molecule has 0 N–H and O–H groups in total. The molecule has 1 aliphatic rings. The van der Waals surface area contributed by atoms with Crippen molar-refractivity contribution in [2.24, 2.45) is 5.92 Å². The predicted octanol–water partition coefficient (Wildman–Crippen LogP) is 2.83. The maximum Gasteiger partial charge on any atom is 0.133 e. The van der Waals surface area contributed by atoms with Crippen LogP contribution in [-0.2, 0) is 4.79 Å². The summed E-state index contributed by atoms with van der Waals surface area (Å²) in [5.74, 6) is 1.07. The molecular weight excluding hydrogens is 162 g/mol. The molecule has 0 aromatic rings. The number of hydrogen-bond acceptors (Lipinski definition) is 2. The molecule has 0 unspecified atom stereocenters. The highest BCUT2D eigenvalue weighted by Crippen LogP contribution is 2.25. The zero-order chi connectivity index (χ0) is 9.52. The fourth-order valence-corrected chi connectivity index (χ4v) is 2.00. The average molecular weight is 179 g/mol. The first-order chi connectivity index (χ1) is 6.33. The van der Waals surface area contributed by atoms with Crippen molar-refractivity contribution in [3.05, 3.63) is 0 Å². The first-order valence-electron chi connectivity index (χ1n) is 5.21. The maximum absolute atomic E-state index is 11.1. The molecule has 1 atom stereocenters. The molecule has 1 fully saturated rings. The molecule has 2 nitrogen and oxygen atoms in total. The van der Waals surface area contributed by atoms with Crippen LogP contribution in [0.1, 0.15) is 51.4 Å². The van der Waals surface area contributed by atoms with E-state index in [9.17, 15) is 4.79 Å². The van der Waals surface area contributed by atoms with E-state index in [2.05, 4.69) is 6.07 Å². The van der Waals surface area contributed by atoms with Gasteiger partial charge in [-0.3, -0.25) is 4.79 Å². The van der Waals surface area contributed by atoms with E-state index in [1.807, 2.05) is 0 Å². The molecule has 72 valence electrons. The molecule has 1 saturated carbocycles. The van der Waals surface area contributed by atoms with Crippen molar-refractivity contribution in [1.82, 2.24) is 0 Å². The Morgan fingerprint density at radius 1 is 1.46 bits per heavy atom. The Balaban J connectivity index is 2.07. The summed E-state index contributed by atoms with van der Waals surface area (Å²) in [5, 5.41) is 8.34. The second-order valence-electron chi connectivity index (χ2n) is 3.90. The summed E-state index contributed by atoms with van der Waals surface area (Å²) in [6.45, 7) is 0. The maximum atomic E-state index is 11.1. The minimum Gasteiger partial charge on any atom is -0.300 e. The molecule has 0 amide bonds. The highest BCUT2D eigenvalue weighted by atomic mass is 16.1. The summed E-state index contributed by atoms with van der Waals surface area (Å²) in [7, 11) is 0. The normalized spacial score (nSPS) is 22.7. The Labute approximate surface area is 79.9 Å². The molecule has 0 bridgehead atoms. The number of carbonyl (C=O) groups excluding carboxylic acids is 1. The minimum absolute atomic E-state index is 0.441. The molecule has 0 aromatic carbocycles. The van der Waals surface area contributed by atoms with E-state index >= 15 is 0 Å². The lowest BCUT2D eigenvalue weighted by molar-refractivity contribution is -0.121. The fourth-order valence-electron chi connectivity index (χ4n) is 2.00. The Bertz CT molecular complexity index is 205. The summed E-state index contributed by atoms with van der Waals surface area (Å²) >= 11 is 0. The van der Waals surface area contributed by atoms with Gasteiger partial charge in [0.2, 0.25) is 0 Å². The number of nitriles is 1. The van der Waals surface area contributed by atoms with E-state index in [0.29, 0.717) is 18.1 Å². The Kier molecular flexibility index (Phi) is 4.53. The largest absolute Gasteiger partial charge is 0.300 e. The monoisotopic (exact) mass is 179 g/mol. The summed E-state index contributed by atoms with van der Waals surface area (Å²) < 4.78 is 0. The van der Waals surface area contributed by atoms with Gasteiger partial charge in [0, 0.05) is 19.3 Å². The first kappa shape index (κ1) is 10.2. The number of ketones is 1. The predicted molar refractivity (Wildman–Crippen MR) is 51.0 cm³/mol. The second kappa shape index (κ2) is 5.75. The van der Waals surface area contributed by atoms with Crippen molar-refractivity contribution in [3.8, 4) is 6.07 Å². The second-order valence-corrected chi connectivity index (χ2v) is 3.90. The van der Waals surface area contributed by atoms with Crippen molar-refractivity contribution in [2.75, 3.05) is 0 Å². The molecule has 0 radical (unpaired) electrons. The number of Topliss-reactive ketones (excluding diaryl/α,β-unsaturated/α-hetero) is 1. The molecule has 0 heterocycles. The third-order valence-electron chi connectivity index (χ3n) is 2.74. The summed E-state index contributed by atoms with van der Waals surface area (Å²) in [4.78, 5) is 11.1. The van der Waals surface area contributed by atoms with Gasteiger partial charge in [-0.05, 0) is 31.6 Å². The summed E-state index contributed by atoms with van der Waals surface area (Å²) in [6.07, 6.45) is 7.84. The Morgan fingerprint density at radius 2 is 2.31 bits per heavy atom. The molecular formula is C11H17NO. The summed E-state index contributed by atoms with van der Waals surface area (Å²) in [6, 6.07) is 2.15. The van der Waals surface area contributed by atoms with Crippen LogP contribution < -0.4 is 0 Å². The average Bonchev–Trinajstić information content (AvgIpc) is 2.13. The standard InChI is InChI=1S/C11H17NO/c12-8-3-1-2-5-10-6-4-7-11(13)9-10/h10H,1-7,9H2/t10-/m1/s1. The first-order valence-corrected chi connectivity index (χ1v) is 5.21. The van der Waals surface area contributed by atoms with Crippen LogP contribution in [0.25, 0.3) is 0 Å². The van der Waals surface area contributed by atoms with E-state index in [-0.39, 0.29) is 0 Å². The number of carbonyl (C=O) groups is 1. The summed E-state index contributed by atoms with van der Waals surface area (Å²) in [5.41, 5.74) is 0. The molecule has 0 aromatic heterocycles. The number of rotatable bonds is 4. The highest BCUT2D eigenvalue weighted by molar-refractivity contribution is 5.79. The quantitative estimate of drug-likeness (QED) is 0.622. The van der Waals surface area contributed by atoms with Crippen LogP contribution in [0.5, 0.6) is 0 Å². The topological polar surface area (TPSA) is 40.9 Å². The smallest absolute Gasteiger partial charge is 0.133 e. The van der Waals surface area contributed by atoms with Crippen LogP contribution in [0.2, 0.25) is 0 Å². The third-order valence-corrected chi connectivity index (χ3v) is 2.74. The molecule has 0 spiro atoms. The van der Waals surface area contributed by atoms with Gasteiger partial charge >= 0.3 is 0 Å². The van der Waals surface area contributed by atoms with Crippen LogP contribution in [0.15, 0.2) is 0 Å². The van der Waals surface area contributed by atoms with E-state index < -0.39 is 0 Å². The SMILES string of the molecule is N#CCCCC[C@@H]1CCCC(=O)C1. The zero-order valence-electron chi connectivity index (χ0n) is 8.09. The van der Waals surface area contributed by atoms with Crippen molar-refractivity contribution in [2.45, 2.75) is 51.4 Å². The van der Waals surface area contributed by atoms with Crippen molar-refractivity contribution in [1.29, 1.82) is 5.26 Å². The Hall–Kier alpha value is -0.840. The van der Waals surface area contributed by atoms with Crippen LogP contribution in [0.4, 0.5) is 0 Å². The lowest BCUT2D eigenvalue weighted by Gasteiger charge is -2.20. The van der Waals surface area contributed by atoms with E-state index in [4.69, 9.17) is 5.26 Å². The van der Waals surface area contributed by atoms with Gasteiger partial charge in [-0.25, -0.2) is 0 Å². The van der Waals surface area contributed by atoms with Gasteiger partial charge in [-0.15, -0.1) is 0 Å². The van der Waals surface area contributed by atoms with Crippen molar-refractivity contribution >= 4 is 5.78 Å². The Morgan fingerprint density at radius 3 is 3.00 bits per heavy atom. The van der Waals surface area contributed by atoms with Crippen LogP contribution in [-0.4, -0.2) is 5.78 Å². The molecule has 0 aliphatic heterocycles. The number of hydrogen-bond donors (Lipinski definition) is 0. The fraction of sp³-hybridized carbons (Fsp3) is 0.818. The van der Waals surface area contributed by atoms with Gasteiger partial charge in [0.25, 0.3) is 0 Å². The molecule has 13 heavy (non-hydrogen) atoms. The van der Waals surface area contributed by atoms with Gasteiger partial charge < -0.3 is 0 Å². The zero-order valence-corrected chi connectivity index (χ0v) is 8.09. The van der Waals surface area contributed by atoms with Crippen LogP contribution in [0.3, 0.4) is 0 Å². The number of nitrogens with zero attached hydrogens (tertiary/aromatic N) is 1. The number of unbranched alkanes of at least 4 members (excludes halogenated alkanes) is 2. The van der Waals surface area contributed by atoms with Crippen molar-refractivity contribution in [3.63, 3.8) is 0 Å². The highest BCUT2D eigenvalue weighted by Gasteiger charge is 2.18. The van der Waals surface area contributed by atoms with Gasteiger partial charge in [-0.2, -0.15) is 5.26 Å². The molecule has 1 aliphatic carbocycles. The molecule has 2 heteroatoms.